The van der Waals surface area contributed by atoms with E-state index >= 15 is 0 Å². The fraction of sp³-hybridized carbons (Fsp3) is 0.348. The lowest BCUT2D eigenvalue weighted by Gasteiger charge is -2.31. The smallest absolute Gasteiger partial charge is 0.226 e. The van der Waals surface area contributed by atoms with Gasteiger partial charge in [0.1, 0.15) is 23.9 Å². The van der Waals surface area contributed by atoms with Gasteiger partial charge in [0.25, 0.3) is 0 Å². The Morgan fingerprint density at radius 2 is 2.03 bits per heavy atom. The molecule has 4 heterocycles. The van der Waals surface area contributed by atoms with E-state index in [1.165, 1.54) is 6.33 Å². The van der Waals surface area contributed by atoms with Gasteiger partial charge in [0.15, 0.2) is 0 Å². The third kappa shape index (κ3) is 4.35. The Bertz CT molecular complexity index is 1220. The summed E-state index contributed by atoms with van der Waals surface area (Å²) in [6.45, 7) is 5.15. The molecule has 0 spiro atoms. The molecule has 3 aromatic heterocycles. The topological polar surface area (TPSA) is 56.1 Å². The first-order valence-electron chi connectivity index (χ1n) is 10.6. The highest BCUT2D eigenvalue weighted by Gasteiger charge is 2.23. The lowest BCUT2D eigenvalue weighted by atomic mass is 10.1. The summed E-state index contributed by atoms with van der Waals surface area (Å²) in [5, 5.41) is 3.10. The molecule has 1 aliphatic heterocycles. The van der Waals surface area contributed by atoms with Crippen molar-refractivity contribution in [2.75, 3.05) is 13.1 Å². The van der Waals surface area contributed by atoms with Crippen LogP contribution in [0, 0.1) is 12.7 Å². The minimum atomic E-state index is -0.399. The van der Waals surface area contributed by atoms with Crippen LogP contribution < -0.4 is 4.74 Å². The minimum absolute atomic E-state index is 0.105. The molecule has 0 amide bonds. The van der Waals surface area contributed by atoms with E-state index in [9.17, 15) is 4.39 Å². The predicted molar refractivity (Wildman–Crippen MR) is 124 cm³/mol. The summed E-state index contributed by atoms with van der Waals surface area (Å²) in [6.07, 6.45) is 5.45. The first-order chi connectivity index (χ1) is 15.6. The number of likely N-dealkylation sites (tertiary alicyclic amines) is 1. The van der Waals surface area contributed by atoms with E-state index < -0.39 is 5.82 Å². The van der Waals surface area contributed by atoms with E-state index in [1.807, 2.05) is 23.2 Å². The number of aromatic nitrogens is 4. The Morgan fingerprint density at radius 1 is 1.19 bits per heavy atom. The fourth-order valence-corrected chi connectivity index (χ4v) is 4.98. The summed E-state index contributed by atoms with van der Waals surface area (Å²) in [5.74, 6) is 0.194. The maximum absolute atomic E-state index is 14.4. The summed E-state index contributed by atoms with van der Waals surface area (Å²) >= 11 is 7.58. The quantitative estimate of drug-likeness (QED) is 0.392. The Labute approximate surface area is 194 Å². The van der Waals surface area contributed by atoms with Crippen molar-refractivity contribution in [2.45, 2.75) is 39.0 Å². The molecular weight excluding hydrogens is 449 g/mol. The number of piperidine rings is 1. The maximum Gasteiger partial charge on any atom is 0.226 e. The van der Waals surface area contributed by atoms with Gasteiger partial charge in [-0.1, -0.05) is 23.7 Å². The van der Waals surface area contributed by atoms with Gasteiger partial charge in [-0.05, 0) is 31.4 Å². The van der Waals surface area contributed by atoms with E-state index in [1.54, 1.807) is 29.5 Å². The number of ether oxygens (including phenoxy) is 1. The monoisotopic (exact) mass is 471 g/mol. The van der Waals surface area contributed by atoms with Gasteiger partial charge in [0, 0.05) is 36.8 Å². The van der Waals surface area contributed by atoms with Gasteiger partial charge in [-0.2, -0.15) is 0 Å². The van der Waals surface area contributed by atoms with E-state index in [0.717, 1.165) is 54.8 Å². The molecule has 0 radical (unpaired) electrons. The van der Waals surface area contributed by atoms with Crippen LogP contribution in [0.1, 0.15) is 29.7 Å². The first-order valence-corrected chi connectivity index (χ1v) is 11.9. The van der Waals surface area contributed by atoms with Crippen LogP contribution in [0.2, 0.25) is 5.02 Å². The highest BCUT2D eigenvalue weighted by molar-refractivity contribution is 7.07. The van der Waals surface area contributed by atoms with E-state index in [-0.39, 0.29) is 11.1 Å². The Hall–Kier alpha value is -2.55. The van der Waals surface area contributed by atoms with Crippen molar-refractivity contribution in [1.29, 1.82) is 0 Å². The van der Waals surface area contributed by atoms with Gasteiger partial charge in [-0.3, -0.25) is 4.90 Å². The fourth-order valence-electron chi connectivity index (χ4n) is 4.23. The van der Waals surface area contributed by atoms with Crippen LogP contribution >= 0.6 is 22.9 Å². The third-order valence-electron chi connectivity index (χ3n) is 5.86. The summed E-state index contributed by atoms with van der Waals surface area (Å²) in [6, 6.07) is 5.04. The van der Waals surface area contributed by atoms with E-state index in [4.69, 9.17) is 16.3 Å². The number of thiazole rings is 1. The zero-order chi connectivity index (χ0) is 22.1. The molecule has 1 aliphatic rings. The molecule has 1 fully saturated rings. The zero-order valence-electron chi connectivity index (χ0n) is 17.7. The molecular formula is C23H23ClFN5OS. The number of aryl methyl sites for hydroxylation is 1. The van der Waals surface area contributed by atoms with Gasteiger partial charge < -0.3 is 9.30 Å². The molecule has 0 aliphatic carbocycles. The van der Waals surface area contributed by atoms with Crippen molar-refractivity contribution in [3.05, 3.63) is 69.3 Å². The van der Waals surface area contributed by atoms with Gasteiger partial charge in [-0.15, -0.1) is 11.3 Å². The average molecular weight is 472 g/mol. The second kappa shape index (κ2) is 9.13. The number of rotatable bonds is 6. The Kier molecular flexibility index (Phi) is 6.08. The second-order valence-electron chi connectivity index (χ2n) is 8.10. The van der Waals surface area contributed by atoms with Crippen molar-refractivity contribution in [3.8, 4) is 5.88 Å². The van der Waals surface area contributed by atoms with Crippen molar-refractivity contribution >= 4 is 34.0 Å². The van der Waals surface area contributed by atoms with Crippen LogP contribution in [0.3, 0.4) is 0 Å². The van der Waals surface area contributed by atoms with Gasteiger partial charge in [0.05, 0.1) is 28.2 Å². The molecule has 1 aromatic carbocycles. The second-order valence-corrected chi connectivity index (χ2v) is 9.23. The predicted octanol–water partition coefficient (Wildman–Crippen LogP) is 5.08. The lowest BCUT2D eigenvalue weighted by Crippen LogP contribution is -2.38. The van der Waals surface area contributed by atoms with Crippen LogP contribution in [-0.4, -0.2) is 43.6 Å². The molecule has 0 N–H and O–H groups in total. The lowest BCUT2D eigenvalue weighted by molar-refractivity contribution is 0.0939. The SMILES string of the molecule is Cc1cn(Cc2cccc(Cl)c2F)c2ncnc(OC3CCN(Cc4cscn4)CC3)c12. The van der Waals surface area contributed by atoms with Gasteiger partial charge in [-0.25, -0.2) is 19.3 Å². The average Bonchev–Trinajstić information content (AvgIpc) is 3.41. The minimum Gasteiger partial charge on any atom is -0.474 e. The number of nitrogens with zero attached hydrogens (tertiary/aromatic N) is 5. The van der Waals surface area contributed by atoms with Crippen LogP contribution in [0.25, 0.3) is 11.0 Å². The summed E-state index contributed by atoms with van der Waals surface area (Å²) < 4.78 is 22.7. The molecule has 0 atom stereocenters. The molecule has 9 heteroatoms. The van der Waals surface area contributed by atoms with Crippen LogP contribution in [0.4, 0.5) is 4.39 Å². The van der Waals surface area contributed by atoms with Crippen molar-refractivity contribution in [3.63, 3.8) is 0 Å². The molecule has 4 aromatic rings. The summed E-state index contributed by atoms with van der Waals surface area (Å²) in [5.41, 5.74) is 5.25. The summed E-state index contributed by atoms with van der Waals surface area (Å²) in [4.78, 5) is 15.7. The Morgan fingerprint density at radius 3 is 2.81 bits per heavy atom. The molecule has 0 bridgehead atoms. The van der Waals surface area contributed by atoms with Crippen LogP contribution in [0.5, 0.6) is 5.88 Å². The Balaban J connectivity index is 1.32. The highest BCUT2D eigenvalue weighted by Crippen LogP contribution is 2.30. The molecule has 0 saturated carbocycles. The standard InChI is InChI=1S/C23H23ClFN5OS/c1-15-9-30(10-16-3-2-4-19(24)21(16)25)22-20(15)23(27-13-26-22)31-18-5-7-29(8-6-18)11-17-12-32-14-28-17/h2-4,9,12-14,18H,5-8,10-11H2,1H3. The number of hydrogen-bond acceptors (Lipinski definition) is 6. The number of halogens is 2. The van der Waals surface area contributed by atoms with E-state index in [2.05, 4.69) is 25.2 Å². The molecule has 1 saturated heterocycles. The van der Waals surface area contributed by atoms with Crippen molar-refractivity contribution < 1.29 is 9.13 Å². The van der Waals surface area contributed by atoms with Gasteiger partial charge in [0.2, 0.25) is 5.88 Å². The number of hydrogen-bond donors (Lipinski definition) is 0. The van der Waals surface area contributed by atoms with E-state index in [0.29, 0.717) is 18.0 Å². The molecule has 6 nitrogen and oxygen atoms in total. The third-order valence-corrected chi connectivity index (χ3v) is 6.79. The molecule has 32 heavy (non-hydrogen) atoms. The molecule has 0 unspecified atom stereocenters. The maximum atomic E-state index is 14.4. The van der Waals surface area contributed by atoms with Crippen LogP contribution in [0.15, 0.2) is 41.6 Å². The van der Waals surface area contributed by atoms with Crippen molar-refractivity contribution in [1.82, 2.24) is 24.4 Å². The summed E-state index contributed by atoms with van der Waals surface area (Å²) in [7, 11) is 0. The van der Waals surface area contributed by atoms with Gasteiger partial charge >= 0.3 is 0 Å². The van der Waals surface area contributed by atoms with Crippen LogP contribution in [-0.2, 0) is 13.1 Å². The molecule has 5 rings (SSSR count). The highest BCUT2D eigenvalue weighted by atomic mass is 35.5. The first kappa shape index (κ1) is 21.3. The number of fused-ring (bicyclic) bond motifs is 1. The molecule has 166 valence electrons. The zero-order valence-corrected chi connectivity index (χ0v) is 19.2. The normalized spacial score (nSPS) is 15.5. The number of benzene rings is 1. The largest absolute Gasteiger partial charge is 0.474 e. The van der Waals surface area contributed by atoms with Crippen molar-refractivity contribution in [2.24, 2.45) is 0 Å².